The van der Waals surface area contributed by atoms with Gasteiger partial charge in [0.2, 0.25) is 0 Å². The highest BCUT2D eigenvalue weighted by Gasteiger charge is 2.23. The van der Waals surface area contributed by atoms with Crippen molar-refractivity contribution in [2.75, 3.05) is 19.6 Å². The van der Waals surface area contributed by atoms with E-state index in [1.165, 1.54) is 26.1 Å². The number of hydrogen-bond donors (Lipinski definition) is 1. The van der Waals surface area contributed by atoms with Crippen molar-refractivity contribution in [1.29, 1.82) is 0 Å². The zero-order valence-corrected chi connectivity index (χ0v) is 9.51. The van der Waals surface area contributed by atoms with Crippen molar-refractivity contribution in [1.82, 2.24) is 10.2 Å². The molecular weight excluding hydrogens is 160 g/mol. The molecule has 0 aromatic heterocycles. The zero-order chi connectivity index (χ0) is 9.84. The molecule has 0 radical (unpaired) electrons. The van der Waals surface area contributed by atoms with Crippen LogP contribution in [0, 0.1) is 5.92 Å². The summed E-state index contributed by atoms with van der Waals surface area (Å²) in [5.41, 5.74) is 0. The van der Waals surface area contributed by atoms with E-state index in [4.69, 9.17) is 0 Å². The third kappa shape index (κ3) is 3.65. The maximum Gasteiger partial charge on any atom is 0.00387 e. The van der Waals surface area contributed by atoms with Crippen LogP contribution in [0.3, 0.4) is 0 Å². The Morgan fingerprint density at radius 1 is 1.31 bits per heavy atom. The molecule has 1 N–H and O–H groups in total. The minimum atomic E-state index is 0.632. The summed E-state index contributed by atoms with van der Waals surface area (Å²) in [4.78, 5) is 2.58. The van der Waals surface area contributed by atoms with Crippen molar-refractivity contribution in [2.45, 2.75) is 46.2 Å². The highest BCUT2D eigenvalue weighted by molar-refractivity contribution is 4.79. The first kappa shape index (κ1) is 11.0. The molecule has 1 rings (SSSR count). The van der Waals surface area contributed by atoms with E-state index in [1.54, 1.807) is 0 Å². The molecule has 0 bridgehead atoms. The van der Waals surface area contributed by atoms with Crippen molar-refractivity contribution in [2.24, 2.45) is 5.92 Å². The van der Waals surface area contributed by atoms with Gasteiger partial charge in [-0.05, 0) is 39.3 Å². The number of nitrogens with one attached hydrogen (secondary N) is 1. The largest absolute Gasteiger partial charge is 0.314 e. The summed E-state index contributed by atoms with van der Waals surface area (Å²) in [5, 5.41) is 3.52. The van der Waals surface area contributed by atoms with Gasteiger partial charge >= 0.3 is 0 Å². The lowest BCUT2D eigenvalue weighted by atomic mass is 10.1. The predicted molar refractivity (Wildman–Crippen MR) is 58.0 cm³/mol. The van der Waals surface area contributed by atoms with Crippen LogP contribution in [0.4, 0.5) is 0 Å². The molecule has 0 aromatic rings. The third-order valence-corrected chi connectivity index (χ3v) is 2.86. The molecule has 1 atom stereocenters. The lowest BCUT2D eigenvalue weighted by molar-refractivity contribution is 0.263. The number of nitrogens with zero attached hydrogens (tertiary/aromatic N) is 1. The molecule has 2 heteroatoms. The van der Waals surface area contributed by atoms with E-state index in [9.17, 15) is 0 Å². The fourth-order valence-electron chi connectivity index (χ4n) is 1.90. The molecule has 1 saturated heterocycles. The van der Waals surface area contributed by atoms with Crippen LogP contribution in [-0.4, -0.2) is 36.6 Å². The van der Waals surface area contributed by atoms with Crippen molar-refractivity contribution in [3.05, 3.63) is 0 Å². The monoisotopic (exact) mass is 184 g/mol. The summed E-state index contributed by atoms with van der Waals surface area (Å²) in [5.74, 6) is 0.879. The van der Waals surface area contributed by atoms with Crippen molar-refractivity contribution < 1.29 is 0 Å². The third-order valence-electron chi connectivity index (χ3n) is 2.86. The van der Waals surface area contributed by atoms with E-state index in [-0.39, 0.29) is 0 Å². The molecule has 0 aliphatic carbocycles. The SMILES string of the molecule is CC(C)NCC1CCN(C(C)C)C1. The summed E-state index contributed by atoms with van der Waals surface area (Å²) in [7, 11) is 0. The maximum atomic E-state index is 3.52. The van der Waals surface area contributed by atoms with E-state index in [0.717, 1.165) is 12.0 Å². The molecule has 1 heterocycles. The van der Waals surface area contributed by atoms with E-state index in [2.05, 4.69) is 37.9 Å². The standard InChI is InChI=1S/C11H24N2/c1-9(2)12-7-11-5-6-13(8-11)10(3)4/h9-12H,5-8H2,1-4H3. The molecule has 2 nitrogen and oxygen atoms in total. The van der Waals surface area contributed by atoms with Gasteiger partial charge in [0.15, 0.2) is 0 Å². The van der Waals surface area contributed by atoms with Gasteiger partial charge in [0.25, 0.3) is 0 Å². The van der Waals surface area contributed by atoms with Gasteiger partial charge in [-0.15, -0.1) is 0 Å². The molecule has 1 aliphatic heterocycles. The van der Waals surface area contributed by atoms with E-state index < -0.39 is 0 Å². The van der Waals surface area contributed by atoms with Crippen LogP contribution in [0.15, 0.2) is 0 Å². The van der Waals surface area contributed by atoms with E-state index in [1.807, 2.05) is 0 Å². The van der Waals surface area contributed by atoms with E-state index >= 15 is 0 Å². The Labute approximate surface area is 82.7 Å². The summed E-state index contributed by atoms with van der Waals surface area (Å²) < 4.78 is 0. The Bertz CT molecular complexity index is 143. The molecule has 0 aromatic carbocycles. The van der Waals surface area contributed by atoms with Crippen LogP contribution in [0.5, 0.6) is 0 Å². The van der Waals surface area contributed by atoms with E-state index in [0.29, 0.717) is 6.04 Å². The minimum absolute atomic E-state index is 0.632. The lowest BCUT2D eigenvalue weighted by Crippen LogP contribution is -2.32. The smallest absolute Gasteiger partial charge is 0.00387 e. The van der Waals surface area contributed by atoms with Gasteiger partial charge < -0.3 is 10.2 Å². The van der Waals surface area contributed by atoms with Crippen LogP contribution in [0.25, 0.3) is 0 Å². The molecular formula is C11H24N2. The van der Waals surface area contributed by atoms with Gasteiger partial charge in [0, 0.05) is 18.6 Å². The maximum absolute atomic E-state index is 3.52. The second kappa shape index (κ2) is 4.97. The highest BCUT2D eigenvalue weighted by atomic mass is 15.2. The molecule has 78 valence electrons. The van der Waals surface area contributed by atoms with Crippen molar-refractivity contribution in [3.8, 4) is 0 Å². The Balaban J connectivity index is 2.17. The summed E-state index contributed by atoms with van der Waals surface area (Å²) in [6.45, 7) is 12.8. The van der Waals surface area contributed by atoms with Crippen LogP contribution in [0.1, 0.15) is 34.1 Å². The molecule has 0 saturated carbocycles. The molecule has 0 amide bonds. The van der Waals surface area contributed by atoms with Gasteiger partial charge in [-0.3, -0.25) is 0 Å². The van der Waals surface area contributed by atoms with Crippen LogP contribution in [-0.2, 0) is 0 Å². The van der Waals surface area contributed by atoms with Gasteiger partial charge in [0.1, 0.15) is 0 Å². The Morgan fingerprint density at radius 3 is 2.46 bits per heavy atom. The number of hydrogen-bond acceptors (Lipinski definition) is 2. The molecule has 1 aliphatic rings. The zero-order valence-electron chi connectivity index (χ0n) is 9.51. The quantitative estimate of drug-likeness (QED) is 0.715. The Kier molecular flexibility index (Phi) is 4.20. The summed E-state index contributed by atoms with van der Waals surface area (Å²) in [6, 6.07) is 1.36. The normalized spacial score (nSPS) is 24.9. The van der Waals surface area contributed by atoms with Crippen molar-refractivity contribution >= 4 is 0 Å². The van der Waals surface area contributed by atoms with Gasteiger partial charge in [-0.1, -0.05) is 13.8 Å². The summed E-state index contributed by atoms with van der Waals surface area (Å²) >= 11 is 0. The first-order valence-corrected chi connectivity index (χ1v) is 5.57. The number of rotatable bonds is 4. The summed E-state index contributed by atoms with van der Waals surface area (Å²) in [6.07, 6.45) is 1.37. The Morgan fingerprint density at radius 2 is 2.00 bits per heavy atom. The second-order valence-electron chi connectivity index (χ2n) is 4.81. The minimum Gasteiger partial charge on any atom is -0.314 e. The van der Waals surface area contributed by atoms with Crippen LogP contribution in [0.2, 0.25) is 0 Å². The first-order chi connectivity index (χ1) is 6.09. The molecule has 0 spiro atoms. The fraction of sp³-hybridized carbons (Fsp3) is 1.00. The van der Waals surface area contributed by atoms with Gasteiger partial charge in [-0.25, -0.2) is 0 Å². The van der Waals surface area contributed by atoms with Gasteiger partial charge in [-0.2, -0.15) is 0 Å². The second-order valence-corrected chi connectivity index (χ2v) is 4.81. The van der Waals surface area contributed by atoms with Gasteiger partial charge in [0.05, 0.1) is 0 Å². The molecule has 1 fully saturated rings. The molecule has 13 heavy (non-hydrogen) atoms. The fourth-order valence-corrected chi connectivity index (χ4v) is 1.90. The highest BCUT2D eigenvalue weighted by Crippen LogP contribution is 2.17. The molecule has 1 unspecified atom stereocenters. The Hall–Kier alpha value is -0.0800. The van der Waals surface area contributed by atoms with Crippen LogP contribution >= 0.6 is 0 Å². The topological polar surface area (TPSA) is 15.3 Å². The lowest BCUT2D eigenvalue weighted by Gasteiger charge is -2.20. The van der Waals surface area contributed by atoms with Crippen molar-refractivity contribution in [3.63, 3.8) is 0 Å². The first-order valence-electron chi connectivity index (χ1n) is 5.57. The average molecular weight is 184 g/mol. The number of likely N-dealkylation sites (tertiary alicyclic amines) is 1. The predicted octanol–water partition coefficient (Wildman–Crippen LogP) is 1.71. The van der Waals surface area contributed by atoms with Crippen LogP contribution < -0.4 is 5.32 Å². The average Bonchev–Trinajstić information content (AvgIpc) is 2.48.